The summed E-state index contributed by atoms with van der Waals surface area (Å²) in [6.07, 6.45) is 1.27. The second-order valence-electron chi connectivity index (χ2n) is 4.96. The number of furan rings is 1. The smallest absolute Gasteiger partial charge is 0.118 e. The standard InChI is InChI=1S/C14H24N2OS/c1-4-14-10-16(5-6-18-14)9-12-7-13(8-15-3)17-11(12)2/h7,14-15H,4-6,8-10H2,1-3H3. The minimum Gasteiger partial charge on any atom is -0.465 e. The van der Waals surface area contributed by atoms with Gasteiger partial charge in [0.25, 0.3) is 0 Å². The summed E-state index contributed by atoms with van der Waals surface area (Å²) < 4.78 is 5.76. The molecule has 0 amide bonds. The highest BCUT2D eigenvalue weighted by molar-refractivity contribution is 8.00. The molecule has 1 saturated heterocycles. The molecule has 1 N–H and O–H groups in total. The second-order valence-corrected chi connectivity index (χ2v) is 6.37. The monoisotopic (exact) mass is 268 g/mol. The maximum Gasteiger partial charge on any atom is 0.118 e. The molecule has 0 saturated carbocycles. The third kappa shape index (κ3) is 3.53. The fourth-order valence-electron chi connectivity index (χ4n) is 2.42. The zero-order valence-electron chi connectivity index (χ0n) is 11.7. The Labute approximate surface area is 114 Å². The lowest BCUT2D eigenvalue weighted by Crippen LogP contribution is -2.37. The zero-order chi connectivity index (χ0) is 13.0. The first kappa shape index (κ1) is 14.0. The van der Waals surface area contributed by atoms with Gasteiger partial charge >= 0.3 is 0 Å². The van der Waals surface area contributed by atoms with Gasteiger partial charge in [-0.15, -0.1) is 0 Å². The van der Waals surface area contributed by atoms with E-state index in [9.17, 15) is 0 Å². The number of nitrogens with one attached hydrogen (secondary N) is 1. The lowest BCUT2D eigenvalue weighted by atomic mass is 10.2. The van der Waals surface area contributed by atoms with Gasteiger partial charge < -0.3 is 9.73 Å². The van der Waals surface area contributed by atoms with E-state index < -0.39 is 0 Å². The molecule has 0 aliphatic carbocycles. The van der Waals surface area contributed by atoms with Crippen molar-refractivity contribution in [3.05, 3.63) is 23.2 Å². The summed E-state index contributed by atoms with van der Waals surface area (Å²) in [6, 6.07) is 2.20. The molecule has 0 spiro atoms. The van der Waals surface area contributed by atoms with Crippen LogP contribution in [-0.4, -0.2) is 36.0 Å². The van der Waals surface area contributed by atoms with Crippen molar-refractivity contribution >= 4 is 11.8 Å². The van der Waals surface area contributed by atoms with Crippen molar-refractivity contribution in [1.29, 1.82) is 0 Å². The highest BCUT2D eigenvalue weighted by atomic mass is 32.2. The minimum atomic E-state index is 0.808. The molecule has 4 heteroatoms. The normalized spacial score (nSPS) is 21.4. The van der Waals surface area contributed by atoms with Gasteiger partial charge in [0, 0.05) is 36.2 Å². The van der Waals surface area contributed by atoms with Crippen LogP contribution < -0.4 is 5.32 Å². The Kier molecular flexibility index (Phi) is 5.15. The first-order valence-electron chi connectivity index (χ1n) is 6.79. The topological polar surface area (TPSA) is 28.4 Å². The third-order valence-electron chi connectivity index (χ3n) is 3.49. The SMILES string of the molecule is CCC1CN(Cc2cc(CNC)oc2C)CCS1. The van der Waals surface area contributed by atoms with E-state index in [0.717, 1.165) is 29.9 Å². The summed E-state index contributed by atoms with van der Waals surface area (Å²) in [5.41, 5.74) is 1.35. The van der Waals surface area contributed by atoms with Crippen molar-refractivity contribution in [2.75, 3.05) is 25.9 Å². The molecule has 102 valence electrons. The van der Waals surface area contributed by atoms with Gasteiger partial charge in [-0.25, -0.2) is 0 Å². The minimum absolute atomic E-state index is 0.808. The van der Waals surface area contributed by atoms with E-state index in [1.165, 1.54) is 30.8 Å². The maximum atomic E-state index is 5.76. The molecule has 2 heterocycles. The predicted molar refractivity (Wildman–Crippen MR) is 78.0 cm³/mol. The van der Waals surface area contributed by atoms with Gasteiger partial charge in [0.15, 0.2) is 0 Å². The predicted octanol–water partition coefficient (Wildman–Crippen LogP) is 2.63. The van der Waals surface area contributed by atoms with Crippen LogP contribution in [0.25, 0.3) is 0 Å². The Morgan fingerprint density at radius 2 is 2.39 bits per heavy atom. The van der Waals surface area contributed by atoms with Crippen molar-refractivity contribution in [3.63, 3.8) is 0 Å². The summed E-state index contributed by atoms with van der Waals surface area (Å²) in [5.74, 6) is 3.38. The Bertz CT molecular complexity index is 378. The number of rotatable bonds is 5. The fourth-order valence-corrected chi connectivity index (χ4v) is 3.67. The van der Waals surface area contributed by atoms with Crippen LogP contribution >= 0.6 is 11.8 Å². The molecule has 0 radical (unpaired) electrons. The van der Waals surface area contributed by atoms with Crippen LogP contribution in [0.3, 0.4) is 0 Å². The van der Waals surface area contributed by atoms with E-state index in [1.54, 1.807) is 0 Å². The molecule has 18 heavy (non-hydrogen) atoms. The molecule has 1 atom stereocenters. The first-order valence-corrected chi connectivity index (χ1v) is 7.84. The highest BCUT2D eigenvalue weighted by Gasteiger charge is 2.20. The van der Waals surface area contributed by atoms with E-state index in [2.05, 4.69) is 41.9 Å². The van der Waals surface area contributed by atoms with Gasteiger partial charge in [-0.05, 0) is 26.5 Å². The van der Waals surface area contributed by atoms with Crippen molar-refractivity contribution < 1.29 is 4.42 Å². The Balaban J connectivity index is 1.95. The Morgan fingerprint density at radius 1 is 1.56 bits per heavy atom. The maximum absolute atomic E-state index is 5.76. The summed E-state index contributed by atoms with van der Waals surface area (Å²) >= 11 is 2.12. The average Bonchev–Trinajstić information content (AvgIpc) is 2.70. The zero-order valence-corrected chi connectivity index (χ0v) is 12.5. The summed E-state index contributed by atoms with van der Waals surface area (Å²) in [6.45, 7) is 8.63. The number of thioether (sulfide) groups is 1. The molecule has 3 nitrogen and oxygen atoms in total. The van der Waals surface area contributed by atoms with Gasteiger partial charge in [-0.2, -0.15) is 11.8 Å². The molecular formula is C14H24N2OS. The molecule has 2 rings (SSSR count). The van der Waals surface area contributed by atoms with Crippen molar-refractivity contribution in [2.24, 2.45) is 0 Å². The summed E-state index contributed by atoms with van der Waals surface area (Å²) in [4.78, 5) is 2.56. The largest absolute Gasteiger partial charge is 0.465 e. The third-order valence-corrected chi connectivity index (χ3v) is 4.87. The fraction of sp³-hybridized carbons (Fsp3) is 0.714. The molecule has 1 aromatic heterocycles. The van der Waals surface area contributed by atoms with Crippen molar-refractivity contribution in [2.45, 2.75) is 38.6 Å². The molecule has 0 bridgehead atoms. The number of hydrogen-bond donors (Lipinski definition) is 1. The average molecular weight is 268 g/mol. The summed E-state index contributed by atoms with van der Waals surface area (Å²) in [7, 11) is 1.95. The van der Waals surface area contributed by atoms with Gasteiger partial charge in [0.1, 0.15) is 11.5 Å². The van der Waals surface area contributed by atoms with Crippen molar-refractivity contribution in [1.82, 2.24) is 10.2 Å². The molecular weight excluding hydrogens is 244 g/mol. The van der Waals surface area contributed by atoms with Crippen LogP contribution in [-0.2, 0) is 13.1 Å². The lowest BCUT2D eigenvalue weighted by molar-refractivity contribution is 0.271. The van der Waals surface area contributed by atoms with E-state index in [4.69, 9.17) is 4.42 Å². The number of aryl methyl sites for hydroxylation is 1. The van der Waals surface area contributed by atoms with Crippen LogP contribution in [0.4, 0.5) is 0 Å². The molecule has 1 aliphatic rings. The highest BCUT2D eigenvalue weighted by Crippen LogP contribution is 2.24. The summed E-state index contributed by atoms with van der Waals surface area (Å²) in [5, 5.41) is 3.94. The molecule has 1 unspecified atom stereocenters. The van der Waals surface area contributed by atoms with Crippen LogP contribution in [0.5, 0.6) is 0 Å². The number of nitrogens with zero attached hydrogens (tertiary/aromatic N) is 1. The molecule has 1 aliphatic heterocycles. The van der Waals surface area contributed by atoms with Crippen LogP contribution in [0.1, 0.15) is 30.4 Å². The molecule has 1 aromatic rings. The van der Waals surface area contributed by atoms with Crippen LogP contribution in [0.15, 0.2) is 10.5 Å². The first-order chi connectivity index (χ1) is 8.72. The quantitative estimate of drug-likeness (QED) is 0.888. The number of hydrogen-bond acceptors (Lipinski definition) is 4. The van der Waals surface area contributed by atoms with Crippen LogP contribution in [0, 0.1) is 6.92 Å². The van der Waals surface area contributed by atoms with Gasteiger partial charge in [0.2, 0.25) is 0 Å². The molecule has 0 aromatic carbocycles. The van der Waals surface area contributed by atoms with Gasteiger partial charge in [-0.1, -0.05) is 6.92 Å². The van der Waals surface area contributed by atoms with Gasteiger partial charge in [-0.3, -0.25) is 4.90 Å². The van der Waals surface area contributed by atoms with E-state index in [1.807, 2.05) is 7.05 Å². The Morgan fingerprint density at radius 3 is 3.11 bits per heavy atom. The van der Waals surface area contributed by atoms with E-state index in [-0.39, 0.29) is 0 Å². The Hall–Kier alpha value is -0.450. The lowest BCUT2D eigenvalue weighted by Gasteiger charge is -2.31. The van der Waals surface area contributed by atoms with Crippen molar-refractivity contribution in [3.8, 4) is 0 Å². The van der Waals surface area contributed by atoms with Crippen LogP contribution in [0.2, 0.25) is 0 Å². The molecule has 1 fully saturated rings. The van der Waals surface area contributed by atoms with E-state index in [0.29, 0.717) is 0 Å². The van der Waals surface area contributed by atoms with E-state index >= 15 is 0 Å². The second kappa shape index (κ2) is 6.64. The van der Waals surface area contributed by atoms with Gasteiger partial charge in [0.05, 0.1) is 6.54 Å².